The Bertz CT molecular complexity index is 2420. The number of aryl methyl sites for hydroxylation is 1. The molecule has 0 unspecified atom stereocenters. The van der Waals surface area contributed by atoms with Gasteiger partial charge in [0.25, 0.3) is 12.3 Å². The van der Waals surface area contributed by atoms with E-state index in [0.717, 1.165) is 12.1 Å². The van der Waals surface area contributed by atoms with E-state index >= 15 is 8.78 Å². The Labute approximate surface area is 313 Å². The number of carbonyl (C=O) groups is 1. The summed E-state index contributed by atoms with van der Waals surface area (Å²) in [5.41, 5.74) is 1.77. The number of pyridine rings is 2. The third kappa shape index (κ3) is 6.24. The molecule has 0 bridgehead atoms. The van der Waals surface area contributed by atoms with Crippen molar-refractivity contribution in [3.63, 3.8) is 0 Å². The van der Waals surface area contributed by atoms with E-state index in [1.54, 1.807) is 48.5 Å². The lowest BCUT2D eigenvalue weighted by atomic mass is 9.92. The third-order valence-electron chi connectivity index (χ3n) is 9.83. The third-order valence-corrected chi connectivity index (χ3v) is 10.5. The number of rotatable bonds is 11. The van der Waals surface area contributed by atoms with Gasteiger partial charge in [0.15, 0.2) is 5.82 Å². The minimum atomic E-state index is -3.44. The van der Waals surface area contributed by atoms with Crippen molar-refractivity contribution in [2.45, 2.75) is 43.7 Å². The molecule has 2 aliphatic rings. The van der Waals surface area contributed by atoms with Gasteiger partial charge >= 0.3 is 0 Å². The summed E-state index contributed by atoms with van der Waals surface area (Å²) in [5, 5.41) is 12.2. The molecule has 1 fully saturated rings. The zero-order valence-electron chi connectivity index (χ0n) is 28.4. The molecule has 54 heavy (non-hydrogen) atoms. The Hall–Kier alpha value is -5.09. The van der Waals surface area contributed by atoms with Crippen LogP contribution in [0.1, 0.15) is 53.0 Å². The van der Waals surface area contributed by atoms with Gasteiger partial charge in [-0.1, -0.05) is 35.7 Å². The fourth-order valence-electron chi connectivity index (χ4n) is 7.56. The van der Waals surface area contributed by atoms with Crippen LogP contribution in [0.15, 0.2) is 67.1 Å². The van der Waals surface area contributed by atoms with Gasteiger partial charge < -0.3 is 10.0 Å². The Morgan fingerprint density at radius 3 is 2.52 bits per heavy atom. The number of nitrogens with one attached hydrogen (secondary N) is 2. The first kappa shape index (κ1) is 35.9. The van der Waals surface area contributed by atoms with E-state index in [9.17, 15) is 22.4 Å². The van der Waals surface area contributed by atoms with E-state index in [2.05, 4.69) is 25.2 Å². The molecule has 3 atom stereocenters. The SMILES string of the molecule is CSNc1nn(C)c2c(-c3cc(-c4cccnc4)cnc3[C@H](Cc3cc(F)cc(F)c3)NC(=O)Cn3nc(C(F)F)c4c3C(F)(F)[C@@H]3C[C@H]43)ccc(Cl)c12. The molecule has 4 aromatic heterocycles. The van der Waals surface area contributed by atoms with Crippen molar-refractivity contribution >= 4 is 46.2 Å². The summed E-state index contributed by atoms with van der Waals surface area (Å²) >= 11 is 8.03. The number of aromatic nitrogens is 6. The lowest BCUT2D eigenvalue weighted by Crippen LogP contribution is -2.35. The summed E-state index contributed by atoms with van der Waals surface area (Å²) in [6.07, 6.45) is 3.40. The normalized spacial score (nSPS) is 17.4. The summed E-state index contributed by atoms with van der Waals surface area (Å²) in [6.45, 7) is -0.822. The molecule has 0 aliphatic heterocycles. The number of benzene rings is 2. The number of anilines is 1. The van der Waals surface area contributed by atoms with Crippen molar-refractivity contribution in [3.05, 3.63) is 112 Å². The number of hydrogen-bond donors (Lipinski definition) is 2. The first-order chi connectivity index (χ1) is 25.8. The summed E-state index contributed by atoms with van der Waals surface area (Å²) in [6, 6.07) is 10.6. The summed E-state index contributed by atoms with van der Waals surface area (Å²) in [4.78, 5) is 22.9. The summed E-state index contributed by atoms with van der Waals surface area (Å²) in [7, 11) is 1.73. The van der Waals surface area contributed by atoms with Crippen molar-refractivity contribution in [1.29, 1.82) is 0 Å². The largest absolute Gasteiger partial charge is 0.346 e. The molecule has 4 heterocycles. The van der Waals surface area contributed by atoms with E-state index in [0.29, 0.717) is 54.7 Å². The van der Waals surface area contributed by atoms with Crippen molar-refractivity contribution in [2.24, 2.45) is 13.0 Å². The van der Waals surface area contributed by atoms with Crippen LogP contribution in [0.25, 0.3) is 33.2 Å². The molecule has 278 valence electrons. The van der Waals surface area contributed by atoms with E-state index < -0.39 is 65.7 Å². The molecular formula is C37H29ClF6N8OS. The van der Waals surface area contributed by atoms with Crippen LogP contribution >= 0.6 is 23.5 Å². The van der Waals surface area contributed by atoms with Gasteiger partial charge in [0.2, 0.25) is 5.91 Å². The quantitative estimate of drug-likeness (QED) is 0.100. The van der Waals surface area contributed by atoms with Crippen LogP contribution in [0.3, 0.4) is 0 Å². The number of nitrogens with zero attached hydrogens (tertiary/aromatic N) is 6. The van der Waals surface area contributed by atoms with Crippen molar-refractivity contribution in [2.75, 3.05) is 11.0 Å². The zero-order valence-corrected chi connectivity index (χ0v) is 30.0. The van der Waals surface area contributed by atoms with E-state index in [-0.39, 0.29) is 29.7 Å². The van der Waals surface area contributed by atoms with Gasteiger partial charge in [0.05, 0.1) is 27.7 Å². The Kier molecular flexibility index (Phi) is 9.07. The van der Waals surface area contributed by atoms with Crippen molar-refractivity contribution < 1.29 is 31.1 Å². The molecule has 2 N–H and O–H groups in total. The molecule has 1 saturated carbocycles. The van der Waals surface area contributed by atoms with Gasteiger partial charge in [-0.25, -0.2) is 17.6 Å². The van der Waals surface area contributed by atoms with Crippen LogP contribution in [-0.4, -0.2) is 41.7 Å². The van der Waals surface area contributed by atoms with Gasteiger partial charge in [-0.3, -0.25) is 24.1 Å². The topological polar surface area (TPSA) is 103 Å². The second-order valence-corrected chi connectivity index (χ2v) is 14.3. The highest BCUT2D eigenvalue weighted by Gasteiger charge is 2.67. The Morgan fingerprint density at radius 2 is 1.81 bits per heavy atom. The van der Waals surface area contributed by atoms with Crippen molar-refractivity contribution in [1.82, 2.24) is 34.8 Å². The molecule has 2 aromatic carbocycles. The van der Waals surface area contributed by atoms with Crippen LogP contribution in [0, 0.1) is 17.6 Å². The number of alkyl halides is 4. The fourth-order valence-corrected chi connectivity index (χ4v) is 8.14. The van der Waals surface area contributed by atoms with Crippen LogP contribution in [0.5, 0.6) is 0 Å². The number of fused-ring (bicyclic) bond motifs is 4. The molecule has 0 radical (unpaired) electrons. The van der Waals surface area contributed by atoms with Crippen LogP contribution in [-0.2, 0) is 30.7 Å². The van der Waals surface area contributed by atoms with E-state index in [1.807, 2.05) is 18.4 Å². The van der Waals surface area contributed by atoms with E-state index in [4.69, 9.17) is 16.6 Å². The van der Waals surface area contributed by atoms with Gasteiger partial charge in [0, 0.05) is 71.7 Å². The molecule has 6 aromatic rings. The average Bonchev–Trinajstić information content (AvgIpc) is 3.66. The lowest BCUT2D eigenvalue weighted by Gasteiger charge is -2.23. The van der Waals surface area contributed by atoms with Crippen LogP contribution in [0.4, 0.5) is 32.2 Å². The second kappa shape index (κ2) is 13.6. The Balaban J connectivity index is 1.27. The van der Waals surface area contributed by atoms with Crippen LogP contribution in [0.2, 0.25) is 5.02 Å². The number of amides is 1. The molecule has 1 amide bonds. The lowest BCUT2D eigenvalue weighted by molar-refractivity contribution is -0.123. The molecule has 8 rings (SSSR count). The highest BCUT2D eigenvalue weighted by molar-refractivity contribution is 7.99. The number of carbonyl (C=O) groups excluding carboxylic acids is 1. The minimum Gasteiger partial charge on any atom is -0.346 e. The van der Waals surface area contributed by atoms with Gasteiger partial charge in [0.1, 0.15) is 29.6 Å². The monoisotopic (exact) mass is 782 g/mol. The molecular weight excluding hydrogens is 754 g/mol. The molecule has 0 saturated heterocycles. The number of halogens is 7. The van der Waals surface area contributed by atoms with Gasteiger partial charge in [-0.2, -0.15) is 19.0 Å². The maximum Gasteiger partial charge on any atom is 0.293 e. The van der Waals surface area contributed by atoms with Crippen LogP contribution < -0.4 is 10.0 Å². The summed E-state index contributed by atoms with van der Waals surface area (Å²) < 4.78 is 93.2. The minimum absolute atomic E-state index is 0.0663. The smallest absolute Gasteiger partial charge is 0.293 e. The highest BCUT2D eigenvalue weighted by Crippen LogP contribution is 2.68. The highest BCUT2D eigenvalue weighted by atomic mass is 35.5. The number of hydrogen-bond acceptors (Lipinski definition) is 7. The summed E-state index contributed by atoms with van der Waals surface area (Å²) in [5.74, 6) is -7.38. The Morgan fingerprint density at radius 1 is 1.04 bits per heavy atom. The predicted octanol–water partition coefficient (Wildman–Crippen LogP) is 8.76. The van der Waals surface area contributed by atoms with E-state index in [1.165, 1.54) is 11.9 Å². The first-order valence-electron chi connectivity index (χ1n) is 16.7. The fraction of sp³-hybridized carbons (Fsp3) is 0.270. The molecule has 2 aliphatic carbocycles. The molecule has 9 nitrogen and oxygen atoms in total. The van der Waals surface area contributed by atoms with Crippen molar-refractivity contribution in [3.8, 4) is 22.3 Å². The average molecular weight is 783 g/mol. The maximum atomic E-state index is 15.4. The maximum absolute atomic E-state index is 15.4. The van der Waals surface area contributed by atoms with Gasteiger partial charge in [-0.05, 0) is 54.7 Å². The second-order valence-electron chi connectivity index (χ2n) is 13.3. The van der Waals surface area contributed by atoms with Gasteiger partial charge in [-0.15, -0.1) is 0 Å². The molecule has 17 heteroatoms. The predicted molar refractivity (Wildman–Crippen MR) is 192 cm³/mol. The first-order valence-corrected chi connectivity index (χ1v) is 18.3. The standard InChI is InChI=1S/C37H29ClF6N8OS/c1-51-33-22(5-6-26(38)30(33)36(49-51)50-54-2)23-11-19(18-4-3-7-45-14-18)15-46-31(23)27(10-17-8-20(39)12-21(40)9-17)47-28(53)16-52-34-29(32(48-52)35(41)42)24-13-25(24)37(34,43)44/h3-9,11-12,14-15,24-25,27,35H,10,13,16H2,1-2H3,(H,47,53)(H,49,50)/t24-,25+,27-/m0/s1. The zero-order chi connectivity index (χ0) is 38.1. The molecule has 0 spiro atoms.